The lowest BCUT2D eigenvalue weighted by atomic mass is 10.6. The van der Waals surface area contributed by atoms with E-state index in [1.54, 1.807) is 0 Å². The van der Waals surface area contributed by atoms with E-state index in [1.165, 1.54) is 7.11 Å². The summed E-state index contributed by atoms with van der Waals surface area (Å²) in [5, 5.41) is 1.85. The maximum Gasteiger partial charge on any atom is 0.318 e. The highest BCUT2D eigenvalue weighted by molar-refractivity contribution is 5.94. The van der Waals surface area contributed by atoms with E-state index in [9.17, 15) is 9.59 Å². The van der Waals surface area contributed by atoms with E-state index in [1.807, 2.05) is 5.32 Å². The first-order valence-electron chi connectivity index (χ1n) is 3.32. The second kappa shape index (κ2) is 6.56. The molecule has 0 fully saturated rings. The molecule has 0 saturated carbocycles. The van der Waals surface area contributed by atoms with Crippen LogP contribution in [-0.4, -0.2) is 38.9 Å². The zero-order chi connectivity index (χ0) is 9.40. The molecule has 6 nitrogen and oxygen atoms in total. The molecule has 0 spiro atoms. The van der Waals surface area contributed by atoms with Gasteiger partial charge in [-0.25, -0.2) is 4.79 Å². The Kier molecular flexibility index (Phi) is 5.94. The van der Waals surface area contributed by atoms with Crippen molar-refractivity contribution in [3.8, 4) is 0 Å². The molecule has 0 radical (unpaired) electrons. The highest BCUT2D eigenvalue weighted by Gasteiger charge is 2.02. The number of imide groups is 1. The van der Waals surface area contributed by atoms with Gasteiger partial charge >= 0.3 is 6.03 Å². The Labute approximate surface area is 70.0 Å². The van der Waals surface area contributed by atoms with Gasteiger partial charge in [0.2, 0.25) is 0 Å². The number of urea groups is 1. The Morgan fingerprint density at radius 3 is 2.58 bits per heavy atom. The van der Waals surface area contributed by atoms with Crippen LogP contribution >= 0.6 is 0 Å². The molecule has 0 aromatic rings. The van der Waals surface area contributed by atoms with Crippen molar-refractivity contribution in [1.29, 1.82) is 0 Å². The number of primary amides is 1. The fourth-order valence-corrected chi connectivity index (χ4v) is 0.481. The average molecular weight is 176 g/mol. The predicted molar refractivity (Wildman–Crippen MR) is 40.4 cm³/mol. The van der Waals surface area contributed by atoms with Gasteiger partial charge in [-0.3, -0.25) is 10.1 Å². The minimum absolute atomic E-state index is 0.188. The summed E-state index contributed by atoms with van der Waals surface area (Å²) in [6.45, 7) is 0.527. The number of methoxy groups -OCH3 is 1. The van der Waals surface area contributed by atoms with Crippen LogP contribution in [0.1, 0.15) is 0 Å². The minimum Gasteiger partial charge on any atom is -0.382 e. The van der Waals surface area contributed by atoms with Gasteiger partial charge in [-0.2, -0.15) is 0 Å². The lowest BCUT2D eigenvalue weighted by Gasteiger charge is -2.01. The van der Waals surface area contributed by atoms with Gasteiger partial charge in [0.15, 0.2) is 0 Å². The van der Waals surface area contributed by atoms with Crippen LogP contribution in [0.15, 0.2) is 0 Å². The van der Waals surface area contributed by atoms with Crippen LogP contribution in [0.4, 0.5) is 4.79 Å². The fourth-order valence-electron chi connectivity index (χ4n) is 0.481. The first-order valence-corrected chi connectivity index (χ1v) is 3.32. The van der Waals surface area contributed by atoms with Crippen molar-refractivity contribution in [2.75, 3.05) is 26.9 Å². The minimum atomic E-state index is -0.879. The first-order chi connectivity index (χ1) is 5.66. The zero-order valence-corrected chi connectivity index (χ0v) is 6.83. The molecule has 12 heavy (non-hydrogen) atoms. The number of nitrogens with two attached hydrogens (primary N) is 1. The smallest absolute Gasteiger partial charge is 0.318 e. The number of rotatable bonds is 5. The lowest BCUT2D eigenvalue weighted by Crippen LogP contribution is -2.37. The van der Waals surface area contributed by atoms with Crippen molar-refractivity contribution in [1.82, 2.24) is 5.32 Å². The van der Waals surface area contributed by atoms with E-state index in [-0.39, 0.29) is 6.61 Å². The number of carbonyl (C=O) groups is 2. The summed E-state index contributed by atoms with van der Waals surface area (Å²) >= 11 is 0. The molecule has 3 N–H and O–H groups in total. The molecule has 0 saturated heterocycles. The van der Waals surface area contributed by atoms with Crippen molar-refractivity contribution in [2.45, 2.75) is 0 Å². The molecule has 6 heteroatoms. The highest BCUT2D eigenvalue weighted by Crippen LogP contribution is 1.75. The Hall–Kier alpha value is -1.14. The summed E-state index contributed by atoms with van der Waals surface area (Å²) in [6, 6.07) is -0.879. The van der Waals surface area contributed by atoms with Crippen molar-refractivity contribution >= 4 is 11.9 Å². The third kappa shape index (κ3) is 6.97. The van der Waals surface area contributed by atoms with Crippen molar-refractivity contribution in [2.24, 2.45) is 5.73 Å². The second-order valence-electron chi connectivity index (χ2n) is 1.96. The summed E-state index contributed by atoms with van der Waals surface area (Å²) in [4.78, 5) is 20.7. The van der Waals surface area contributed by atoms with E-state index in [2.05, 4.69) is 10.5 Å². The number of hydrogen-bond acceptors (Lipinski definition) is 4. The van der Waals surface area contributed by atoms with Gasteiger partial charge in [0.1, 0.15) is 6.61 Å². The third-order valence-corrected chi connectivity index (χ3v) is 0.928. The average Bonchev–Trinajstić information content (AvgIpc) is 1.97. The third-order valence-electron chi connectivity index (χ3n) is 0.928. The topological polar surface area (TPSA) is 90.7 Å². The molecule has 70 valence electrons. The molecular formula is C6H12N2O4. The van der Waals surface area contributed by atoms with Crippen LogP contribution < -0.4 is 11.1 Å². The van der Waals surface area contributed by atoms with E-state index in [0.29, 0.717) is 13.2 Å². The number of hydrogen-bond donors (Lipinski definition) is 2. The highest BCUT2D eigenvalue weighted by atomic mass is 16.5. The van der Waals surface area contributed by atoms with E-state index >= 15 is 0 Å². The van der Waals surface area contributed by atoms with Crippen LogP contribution in [0.25, 0.3) is 0 Å². The van der Waals surface area contributed by atoms with Crippen LogP contribution in [0.3, 0.4) is 0 Å². The molecule has 0 rings (SSSR count). The molecule has 0 aliphatic carbocycles. The largest absolute Gasteiger partial charge is 0.382 e. The normalized spacial score (nSPS) is 9.42. The molecule has 0 aliphatic rings. The van der Waals surface area contributed by atoms with Gasteiger partial charge in [-0.1, -0.05) is 0 Å². The second-order valence-corrected chi connectivity index (χ2v) is 1.96. The summed E-state index contributed by atoms with van der Waals surface area (Å²) < 4.78 is 9.45. The maximum absolute atomic E-state index is 10.6. The Balaban J connectivity index is 3.26. The van der Waals surface area contributed by atoms with E-state index in [4.69, 9.17) is 4.74 Å². The van der Waals surface area contributed by atoms with Gasteiger partial charge in [0, 0.05) is 7.11 Å². The molecule has 0 unspecified atom stereocenters. The number of amides is 3. The summed E-state index contributed by atoms with van der Waals surface area (Å²) in [5.74, 6) is -0.557. The maximum atomic E-state index is 10.6. The number of carbonyl (C=O) groups excluding carboxylic acids is 2. The van der Waals surface area contributed by atoms with Crippen molar-refractivity contribution in [3.63, 3.8) is 0 Å². The standard InChI is InChI=1S/C6H12N2O4/c1-11-2-3-12-4-5(9)8-6(7)10/h2-4H2,1H3,(H3,7,8,9,10). The predicted octanol–water partition coefficient (Wildman–Crippen LogP) is -1.16. The summed E-state index contributed by atoms with van der Waals surface area (Å²) in [6.07, 6.45) is 0. The van der Waals surface area contributed by atoms with Gasteiger partial charge < -0.3 is 15.2 Å². The molecule has 0 bridgehead atoms. The Bertz CT molecular complexity index is 160. The molecular weight excluding hydrogens is 164 g/mol. The SMILES string of the molecule is COCCOCC(=O)NC(N)=O. The Morgan fingerprint density at radius 2 is 2.08 bits per heavy atom. The molecule has 0 atom stereocenters. The van der Waals surface area contributed by atoms with Gasteiger partial charge in [0.05, 0.1) is 13.2 Å². The van der Waals surface area contributed by atoms with Gasteiger partial charge in [-0.15, -0.1) is 0 Å². The quantitative estimate of drug-likeness (QED) is 0.517. The number of ether oxygens (including phenoxy) is 2. The van der Waals surface area contributed by atoms with Crippen LogP contribution in [0.2, 0.25) is 0 Å². The fraction of sp³-hybridized carbons (Fsp3) is 0.667. The molecule has 0 aliphatic heterocycles. The molecule has 0 aromatic carbocycles. The number of nitrogens with one attached hydrogen (secondary N) is 1. The molecule has 0 aromatic heterocycles. The van der Waals surface area contributed by atoms with E-state index in [0.717, 1.165) is 0 Å². The van der Waals surface area contributed by atoms with E-state index < -0.39 is 11.9 Å². The molecule has 3 amide bonds. The summed E-state index contributed by atoms with van der Waals surface area (Å²) in [7, 11) is 1.52. The van der Waals surface area contributed by atoms with Crippen molar-refractivity contribution < 1.29 is 19.1 Å². The first kappa shape index (κ1) is 10.9. The monoisotopic (exact) mass is 176 g/mol. The van der Waals surface area contributed by atoms with Crippen molar-refractivity contribution in [3.05, 3.63) is 0 Å². The zero-order valence-electron chi connectivity index (χ0n) is 6.83. The van der Waals surface area contributed by atoms with Crippen LogP contribution in [0, 0.1) is 0 Å². The van der Waals surface area contributed by atoms with Gasteiger partial charge in [-0.05, 0) is 0 Å². The van der Waals surface area contributed by atoms with Gasteiger partial charge in [0.25, 0.3) is 5.91 Å². The van der Waals surface area contributed by atoms with Crippen LogP contribution in [0.5, 0.6) is 0 Å². The Morgan fingerprint density at radius 1 is 1.42 bits per heavy atom. The molecule has 0 heterocycles. The lowest BCUT2D eigenvalue weighted by molar-refractivity contribution is -0.124. The van der Waals surface area contributed by atoms with Crippen LogP contribution in [-0.2, 0) is 14.3 Å². The summed E-state index contributed by atoms with van der Waals surface area (Å²) in [5.41, 5.74) is 4.67.